The van der Waals surface area contributed by atoms with Crippen molar-refractivity contribution in [3.05, 3.63) is 82.2 Å². The predicted octanol–water partition coefficient (Wildman–Crippen LogP) is 6.17. The van der Waals surface area contributed by atoms with Gasteiger partial charge in [0.1, 0.15) is 15.4 Å². The van der Waals surface area contributed by atoms with Crippen LogP contribution in [-0.2, 0) is 19.0 Å². The van der Waals surface area contributed by atoms with Crippen molar-refractivity contribution in [2.24, 2.45) is 0 Å². The van der Waals surface area contributed by atoms with Crippen LogP contribution in [0.1, 0.15) is 49.8 Å². The van der Waals surface area contributed by atoms with Gasteiger partial charge < -0.3 is 23.9 Å². The monoisotopic (exact) mass is 586 g/mol. The number of fused-ring (bicyclic) bond motifs is 2. The molecule has 10 nitrogen and oxygen atoms in total. The molecule has 0 bridgehead atoms. The van der Waals surface area contributed by atoms with Gasteiger partial charge in [-0.05, 0) is 56.0 Å². The number of oxazole rings is 1. The third-order valence-corrected chi connectivity index (χ3v) is 7.51. The van der Waals surface area contributed by atoms with E-state index in [0.29, 0.717) is 33.5 Å². The van der Waals surface area contributed by atoms with Crippen LogP contribution in [0.5, 0.6) is 0 Å². The molecule has 214 valence electrons. The summed E-state index contributed by atoms with van der Waals surface area (Å²) < 4.78 is 21.5. The number of para-hydroxylation sites is 2. The number of hydrogen-bond donors (Lipinski definition) is 1. The summed E-state index contributed by atoms with van der Waals surface area (Å²) in [5, 5.41) is 3.99. The van der Waals surface area contributed by atoms with Crippen LogP contribution in [0.15, 0.2) is 65.1 Å². The maximum Gasteiger partial charge on any atom is 0.348 e. The molecule has 0 radical (unpaired) electrons. The van der Waals surface area contributed by atoms with E-state index in [0.717, 1.165) is 16.7 Å². The standard InChI is InChI=1S/C31H26N2O8S/c1-4-38-30(36)24-17(3)26(31(37)39-5-2)42-28(24)33-23(34)16-40-29(35)20-13-9-11-18-10-8-12-19(25(18)20)27-32-21-14-6-7-15-22(21)41-27/h6-15H,4-5,16H2,1-3H3,(H,33,34). The molecule has 0 unspecified atom stereocenters. The normalized spacial score (nSPS) is 10.9. The van der Waals surface area contributed by atoms with Gasteiger partial charge in [0.15, 0.2) is 12.2 Å². The Balaban J connectivity index is 1.39. The lowest BCUT2D eigenvalue weighted by atomic mass is 9.99. The van der Waals surface area contributed by atoms with E-state index in [1.165, 1.54) is 0 Å². The molecule has 42 heavy (non-hydrogen) atoms. The Hall–Kier alpha value is -5.03. The van der Waals surface area contributed by atoms with Crippen molar-refractivity contribution in [3.63, 3.8) is 0 Å². The van der Waals surface area contributed by atoms with Gasteiger partial charge in [-0.25, -0.2) is 19.4 Å². The van der Waals surface area contributed by atoms with E-state index >= 15 is 0 Å². The largest absolute Gasteiger partial charge is 0.462 e. The van der Waals surface area contributed by atoms with Gasteiger partial charge in [-0.15, -0.1) is 11.3 Å². The van der Waals surface area contributed by atoms with Gasteiger partial charge in [-0.3, -0.25) is 4.79 Å². The van der Waals surface area contributed by atoms with Crippen LogP contribution in [0.2, 0.25) is 0 Å². The van der Waals surface area contributed by atoms with E-state index in [9.17, 15) is 19.2 Å². The lowest BCUT2D eigenvalue weighted by molar-refractivity contribution is -0.119. The Kier molecular flexibility index (Phi) is 8.30. The summed E-state index contributed by atoms with van der Waals surface area (Å²) in [6.07, 6.45) is 0. The zero-order valence-electron chi connectivity index (χ0n) is 23.0. The number of amides is 1. The highest BCUT2D eigenvalue weighted by Gasteiger charge is 2.28. The third-order valence-electron chi connectivity index (χ3n) is 6.32. The van der Waals surface area contributed by atoms with Gasteiger partial charge in [0.05, 0.1) is 24.3 Å². The van der Waals surface area contributed by atoms with E-state index in [2.05, 4.69) is 10.3 Å². The molecule has 1 N–H and O–H groups in total. The molecule has 11 heteroatoms. The average Bonchev–Trinajstić information content (AvgIpc) is 3.56. The van der Waals surface area contributed by atoms with Crippen LogP contribution in [0.25, 0.3) is 33.3 Å². The van der Waals surface area contributed by atoms with Crippen LogP contribution in [0, 0.1) is 6.92 Å². The fourth-order valence-corrected chi connectivity index (χ4v) is 5.60. The first-order valence-electron chi connectivity index (χ1n) is 13.1. The number of anilines is 1. The van der Waals surface area contributed by atoms with Crippen molar-refractivity contribution in [1.29, 1.82) is 0 Å². The molecule has 2 heterocycles. The number of benzene rings is 3. The van der Waals surface area contributed by atoms with Gasteiger partial charge in [0.2, 0.25) is 5.89 Å². The quantitative estimate of drug-likeness (QED) is 0.159. The van der Waals surface area contributed by atoms with Crippen LogP contribution in [0.3, 0.4) is 0 Å². The molecule has 5 aromatic rings. The highest BCUT2D eigenvalue weighted by molar-refractivity contribution is 7.18. The van der Waals surface area contributed by atoms with Crippen LogP contribution >= 0.6 is 11.3 Å². The smallest absolute Gasteiger partial charge is 0.348 e. The maximum absolute atomic E-state index is 13.3. The van der Waals surface area contributed by atoms with Crippen molar-refractivity contribution in [1.82, 2.24) is 4.98 Å². The minimum absolute atomic E-state index is 0.0432. The second kappa shape index (κ2) is 12.2. The summed E-state index contributed by atoms with van der Waals surface area (Å²) in [5.41, 5.74) is 2.48. The molecule has 1 amide bonds. The van der Waals surface area contributed by atoms with Crippen LogP contribution in [0.4, 0.5) is 5.00 Å². The average molecular weight is 587 g/mol. The Morgan fingerprint density at radius 1 is 0.857 bits per heavy atom. The molecule has 3 aromatic carbocycles. The number of carbonyl (C=O) groups is 4. The van der Waals surface area contributed by atoms with Crippen LogP contribution in [-0.4, -0.2) is 48.6 Å². The summed E-state index contributed by atoms with van der Waals surface area (Å²) in [5.74, 6) is -2.42. The molecule has 0 atom stereocenters. The maximum atomic E-state index is 13.3. The van der Waals surface area contributed by atoms with Gasteiger partial charge in [-0.1, -0.05) is 36.4 Å². The van der Waals surface area contributed by atoms with Gasteiger partial charge in [-0.2, -0.15) is 0 Å². The van der Waals surface area contributed by atoms with Crippen molar-refractivity contribution < 1.29 is 37.8 Å². The number of esters is 3. The molecule has 0 spiro atoms. The van der Waals surface area contributed by atoms with E-state index < -0.39 is 30.4 Å². The summed E-state index contributed by atoms with van der Waals surface area (Å²) >= 11 is 0.885. The molecule has 0 aliphatic rings. The molecule has 0 saturated heterocycles. The van der Waals surface area contributed by atoms with Crippen molar-refractivity contribution in [3.8, 4) is 11.5 Å². The Morgan fingerprint density at radius 3 is 2.31 bits per heavy atom. The molecule has 5 rings (SSSR count). The fraction of sp³-hybridized carbons (Fsp3) is 0.194. The molecular weight excluding hydrogens is 560 g/mol. The number of thiophene rings is 1. The van der Waals surface area contributed by atoms with E-state index in [1.54, 1.807) is 39.0 Å². The molecule has 0 aliphatic heterocycles. The first kappa shape index (κ1) is 28.5. The lowest BCUT2D eigenvalue weighted by Gasteiger charge is -2.11. The number of nitrogens with zero attached hydrogens (tertiary/aromatic N) is 1. The number of ether oxygens (including phenoxy) is 3. The number of nitrogens with one attached hydrogen (secondary N) is 1. The predicted molar refractivity (Wildman–Crippen MR) is 157 cm³/mol. The minimum Gasteiger partial charge on any atom is -0.462 e. The zero-order valence-corrected chi connectivity index (χ0v) is 23.8. The summed E-state index contributed by atoms with van der Waals surface area (Å²) in [4.78, 5) is 55.9. The first-order valence-corrected chi connectivity index (χ1v) is 14.0. The number of rotatable bonds is 9. The van der Waals surface area contributed by atoms with E-state index in [-0.39, 0.29) is 34.2 Å². The van der Waals surface area contributed by atoms with Crippen molar-refractivity contribution in [2.45, 2.75) is 20.8 Å². The number of carbonyl (C=O) groups excluding carboxylic acids is 4. The van der Waals surface area contributed by atoms with Crippen LogP contribution < -0.4 is 5.32 Å². The molecule has 0 fully saturated rings. The summed E-state index contributed by atoms with van der Waals surface area (Å²) in [6.45, 7) is 4.48. The highest BCUT2D eigenvalue weighted by atomic mass is 32.1. The molecule has 0 aliphatic carbocycles. The Bertz CT molecular complexity index is 1800. The number of hydrogen-bond acceptors (Lipinski definition) is 10. The fourth-order valence-electron chi connectivity index (χ4n) is 4.49. The van der Waals surface area contributed by atoms with Gasteiger partial charge in [0.25, 0.3) is 5.91 Å². The number of aromatic nitrogens is 1. The molecule has 0 saturated carbocycles. The first-order chi connectivity index (χ1) is 20.3. The van der Waals surface area contributed by atoms with Crippen molar-refractivity contribution in [2.75, 3.05) is 25.1 Å². The molecule has 2 aromatic heterocycles. The Labute approximate surface area is 244 Å². The highest BCUT2D eigenvalue weighted by Crippen LogP contribution is 2.35. The minimum atomic E-state index is -0.737. The summed E-state index contributed by atoms with van der Waals surface area (Å²) in [6, 6.07) is 18.0. The van der Waals surface area contributed by atoms with Gasteiger partial charge in [0, 0.05) is 10.9 Å². The van der Waals surface area contributed by atoms with Gasteiger partial charge >= 0.3 is 17.9 Å². The second-order valence-electron chi connectivity index (χ2n) is 9.02. The topological polar surface area (TPSA) is 134 Å². The SMILES string of the molecule is CCOC(=O)c1sc(NC(=O)COC(=O)c2cccc3cccc(-c4nc5ccccc5o4)c23)c(C(=O)OCC)c1C. The zero-order chi connectivity index (χ0) is 29.8. The molecular formula is C31H26N2O8S. The Morgan fingerprint density at radius 2 is 1.57 bits per heavy atom. The van der Waals surface area contributed by atoms with Crippen molar-refractivity contribution >= 4 is 62.0 Å². The van der Waals surface area contributed by atoms with E-state index in [1.807, 2.05) is 42.5 Å². The third kappa shape index (κ3) is 5.59. The van der Waals surface area contributed by atoms with E-state index in [4.69, 9.17) is 18.6 Å². The summed E-state index contributed by atoms with van der Waals surface area (Å²) in [7, 11) is 0. The second-order valence-corrected chi connectivity index (χ2v) is 10.0. The lowest BCUT2D eigenvalue weighted by Crippen LogP contribution is -2.22.